The number of nitrogens with zero attached hydrogens (tertiary/aromatic N) is 1. The standard InChI is InChI=1S/C15H25N3OS/c1-2-7-11-10-14(19)18-15(17-11)20-13-9-6-4-3-5-8-12(13)16/h10,12-13H,2-9,16H2,1H3,(H,17,18,19). The molecule has 4 nitrogen and oxygen atoms in total. The first kappa shape index (κ1) is 15.6. The molecule has 0 amide bonds. The summed E-state index contributed by atoms with van der Waals surface area (Å²) in [6.45, 7) is 2.10. The Morgan fingerprint density at radius 3 is 2.85 bits per heavy atom. The normalized spacial score (nSPS) is 24.1. The third-order valence-electron chi connectivity index (χ3n) is 3.80. The van der Waals surface area contributed by atoms with Crippen molar-refractivity contribution in [2.45, 2.75) is 74.7 Å². The smallest absolute Gasteiger partial charge is 0.251 e. The minimum atomic E-state index is -0.0506. The van der Waals surface area contributed by atoms with Crippen LogP contribution in [0.2, 0.25) is 0 Å². The van der Waals surface area contributed by atoms with E-state index >= 15 is 0 Å². The van der Waals surface area contributed by atoms with Crippen LogP contribution in [0.15, 0.2) is 16.0 Å². The summed E-state index contributed by atoms with van der Waals surface area (Å²) in [5.41, 5.74) is 7.13. The van der Waals surface area contributed by atoms with Gasteiger partial charge in [-0.15, -0.1) is 0 Å². The highest BCUT2D eigenvalue weighted by atomic mass is 32.2. The van der Waals surface area contributed by atoms with E-state index in [4.69, 9.17) is 5.73 Å². The number of rotatable bonds is 4. The van der Waals surface area contributed by atoms with Crippen LogP contribution in [-0.4, -0.2) is 21.3 Å². The highest BCUT2D eigenvalue weighted by molar-refractivity contribution is 7.99. The highest BCUT2D eigenvalue weighted by Gasteiger charge is 2.21. The van der Waals surface area contributed by atoms with Gasteiger partial charge in [0.1, 0.15) is 0 Å². The highest BCUT2D eigenvalue weighted by Crippen LogP contribution is 2.29. The third-order valence-corrected chi connectivity index (χ3v) is 5.10. The molecule has 1 heterocycles. The molecule has 0 aromatic carbocycles. The second-order valence-corrected chi connectivity index (χ2v) is 6.83. The topological polar surface area (TPSA) is 71.8 Å². The zero-order valence-electron chi connectivity index (χ0n) is 12.2. The van der Waals surface area contributed by atoms with Crippen molar-refractivity contribution in [2.24, 2.45) is 5.73 Å². The van der Waals surface area contributed by atoms with Crippen LogP contribution >= 0.6 is 11.8 Å². The molecule has 1 aromatic heterocycles. The molecule has 0 radical (unpaired) electrons. The number of hydrogen-bond donors (Lipinski definition) is 2. The molecule has 1 aromatic rings. The maximum Gasteiger partial charge on any atom is 0.251 e. The molecule has 1 fully saturated rings. The van der Waals surface area contributed by atoms with E-state index in [1.807, 2.05) is 0 Å². The van der Waals surface area contributed by atoms with Crippen LogP contribution in [0.3, 0.4) is 0 Å². The largest absolute Gasteiger partial charge is 0.327 e. The Labute approximate surface area is 125 Å². The average molecular weight is 295 g/mol. The molecule has 0 aliphatic heterocycles. The van der Waals surface area contributed by atoms with Crippen molar-refractivity contribution in [3.05, 3.63) is 22.1 Å². The SMILES string of the molecule is CCCc1cc(=O)[nH]c(SC2CCCCCCC2N)n1. The molecule has 3 N–H and O–H groups in total. The second-order valence-electron chi connectivity index (χ2n) is 5.60. The van der Waals surface area contributed by atoms with Crippen molar-refractivity contribution in [1.82, 2.24) is 9.97 Å². The van der Waals surface area contributed by atoms with Crippen molar-refractivity contribution in [3.8, 4) is 0 Å². The molecule has 2 unspecified atom stereocenters. The van der Waals surface area contributed by atoms with E-state index in [0.29, 0.717) is 5.25 Å². The Bertz CT molecular complexity index is 474. The van der Waals surface area contributed by atoms with Gasteiger partial charge in [0.05, 0.1) is 0 Å². The van der Waals surface area contributed by atoms with E-state index in [0.717, 1.165) is 36.5 Å². The van der Waals surface area contributed by atoms with Gasteiger partial charge in [-0.1, -0.05) is 50.8 Å². The Morgan fingerprint density at radius 1 is 1.35 bits per heavy atom. The maximum absolute atomic E-state index is 11.7. The van der Waals surface area contributed by atoms with E-state index < -0.39 is 0 Å². The number of H-pyrrole nitrogens is 1. The molecular formula is C15H25N3OS. The molecular weight excluding hydrogens is 270 g/mol. The molecule has 1 aliphatic rings. The second kappa shape index (κ2) is 7.84. The Morgan fingerprint density at radius 2 is 2.10 bits per heavy atom. The molecule has 112 valence electrons. The van der Waals surface area contributed by atoms with Gasteiger partial charge in [0.15, 0.2) is 5.16 Å². The van der Waals surface area contributed by atoms with Crippen LogP contribution in [0.25, 0.3) is 0 Å². The molecule has 0 spiro atoms. The van der Waals surface area contributed by atoms with Gasteiger partial charge in [-0.3, -0.25) is 4.79 Å². The summed E-state index contributed by atoms with van der Waals surface area (Å²) >= 11 is 1.66. The number of aromatic amines is 1. The lowest BCUT2D eigenvalue weighted by Gasteiger charge is -2.25. The van der Waals surface area contributed by atoms with Crippen molar-refractivity contribution in [1.29, 1.82) is 0 Å². The van der Waals surface area contributed by atoms with Gasteiger partial charge >= 0.3 is 0 Å². The first-order valence-electron chi connectivity index (χ1n) is 7.71. The first-order valence-corrected chi connectivity index (χ1v) is 8.59. The average Bonchev–Trinajstić information content (AvgIpc) is 2.38. The summed E-state index contributed by atoms with van der Waals surface area (Å²) in [6.07, 6.45) is 9.10. The fraction of sp³-hybridized carbons (Fsp3) is 0.733. The summed E-state index contributed by atoms with van der Waals surface area (Å²) in [6, 6.07) is 1.81. The minimum absolute atomic E-state index is 0.0506. The predicted molar refractivity (Wildman–Crippen MR) is 84.2 cm³/mol. The first-order chi connectivity index (χ1) is 9.69. The van der Waals surface area contributed by atoms with Crippen LogP contribution < -0.4 is 11.3 Å². The van der Waals surface area contributed by atoms with Crippen molar-refractivity contribution >= 4 is 11.8 Å². The fourth-order valence-corrected chi connectivity index (χ4v) is 3.90. The molecule has 0 bridgehead atoms. The van der Waals surface area contributed by atoms with E-state index in [1.165, 1.54) is 25.7 Å². The predicted octanol–water partition coefficient (Wildman–Crippen LogP) is 2.86. The van der Waals surface area contributed by atoms with Crippen LogP contribution in [0.4, 0.5) is 0 Å². The van der Waals surface area contributed by atoms with Crippen molar-refractivity contribution in [2.75, 3.05) is 0 Å². The number of aromatic nitrogens is 2. The third kappa shape index (κ3) is 4.63. The Kier molecular flexibility index (Phi) is 6.10. The molecule has 20 heavy (non-hydrogen) atoms. The summed E-state index contributed by atoms with van der Waals surface area (Å²) < 4.78 is 0. The monoisotopic (exact) mass is 295 g/mol. The lowest BCUT2D eigenvalue weighted by Crippen LogP contribution is -2.33. The lowest BCUT2D eigenvalue weighted by atomic mass is 9.97. The quantitative estimate of drug-likeness (QED) is 0.838. The Hall–Kier alpha value is -0.810. The van der Waals surface area contributed by atoms with Gasteiger partial charge in [-0.25, -0.2) is 4.98 Å². The number of thioether (sulfide) groups is 1. The molecule has 1 aliphatic carbocycles. The zero-order chi connectivity index (χ0) is 14.4. The maximum atomic E-state index is 11.7. The van der Waals surface area contributed by atoms with Gasteiger partial charge in [0, 0.05) is 23.1 Å². The number of nitrogens with one attached hydrogen (secondary N) is 1. The van der Waals surface area contributed by atoms with Gasteiger partial charge in [0.2, 0.25) is 0 Å². The molecule has 2 atom stereocenters. The number of aryl methyl sites for hydroxylation is 1. The molecule has 1 saturated carbocycles. The van der Waals surface area contributed by atoms with E-state index in [9.17, 15) is 4.79 Å². The Balaban J connectivity index is 2.08. The molecule has 2 rings (SSSR count). The summed E-state index contributed by atoms with van der Waals surface area (Å²) in [5, 5.41) is 1.11. The van der Waals surface area contributed by atoms with Gasteiger partial charge < -0.3 is 10.7 Å². The van der Waals surface area contributed by atoms with Crippen LogP contribution in [-0.2, 0) is 6.42 Å². The van der Waals surface area contributed by atoms with Gasteiger partial charge in [-0.2, -0.15) is 0 Å². The zero-order valence-corrected chi connectivity index (χ0v) is 13.0. The van der Waals surface area contributed by atoms with E-state index in [1.54, 1.807) is 17.8 Å². The van der Waals surface area contributed by atoms with E-state index in [2.05, 4.69) is 16.9 Å². The fourth-order valence-electron chi connectivity index (χ4n) is 2.69. The molecule has 0 saturated heterocycles. The van der Waals surface area contributed by atoms with Crippen LogP contribution in [0.5, 0.6) is 0 Å². The van der Waals surface area contributed by atoms with Gasteiger partial charge in [-0.05, 0) is 19.3 Å². The van der Waals surface area contributed by atoms with Crippen molar-refractivity contribution < 1.29 is 0 Å². The summed E-state index contributed by atoms with van der Waals surface area (Å²) in [7, 11) is 0. The number of hydrogen-bond acceptors (Lipinski definition) is 4. The number of nitrogens with two attached hydrogens (primary N) is 1. The lowest BCUT2D eigenvalue weighted by molar-refractivity contribution is 0.463. The van der Waals surface area contributed by atoms with Crippen LogP contribution in [0, 0.1) is 0 Å². The summed E-state index contributed by atoms with van der Waals surface area (Å²) in [5.74, 6) is 0. The minimum Gasteiger partial charge on any atom is -0.327 e. The molecule has 5 heteroatoms. The van der Waals surface area contributed by atoms with E-state index in [-0.39, 0.29) is 11.6 Å². The summed E-state index contributed by atoms with van der Waals surface area (Å²) in [4.78, 5) is 19.1. The van der Waals surface area contributed by atoms with Crippen LogP contribution in [0.1, 0.15) is 57.6 Å². The van der Waals surface area contributed by atoms with Gasteiger partial charge in [0.25, 0.3) is 5.56 Å². The van der Waals surface area contributed by atoms with Crippen molar-refractivity contribution in [3.63, 3.8) is 0 Å².